The summed E-state index contributed by atoms with van der Waals surface area (Å²) in [4.78, 5) is 10.4. The Bertz CT molecular complexity index is 343. The summed E-state index contributed by atoms with van der Waals surface area (Å²) in [6, 6.07) is 0. The largest absolute Gasteiger partial charge is 0.481 e. The summed E-state index contributed by atoms with van der Waals surface area (Å²) in [5.74, 6) is -0.658. The molecule has 3 nitrogen and oxygen atoms in total. The van der Waals surface area contributed by atoms with E-state index in [4.69, 9.17) is 5.11 Å². The molecule has 3 heteroatoms. The second-order valence-electron chi connectivity index (χ2n) is 9.45. The highest BCUT2D eigenvalue weighted by Gasteiger charge is 2.03. The Morgan fingerprint density at radius 2 is 0.833 bits per heavy atom. The number of hydrogen-bond acceptors (Lipinski definition) is 2. The van der Waals surface area contributed by atoms with Gasteiger partial charge in [0.1, 0.15) is 0 Å². The van der Waals surface area contributed by atoms with Crippen molar-refractivity contribution >= 4 is 5.97 Å². The van der Waals surface area contributed by atoms with Crippen molar-refractivity contribution in [3.63, 3.8) is 0 Å². The Balaban J connectivity index is 3.08. The fraction of sp³-hybridized carbons (Fsp3) is 0.963. The summed E-state index contributed by atoms with van der Waals surface area (Å²) in [5, 5.41) is 18.6. The van der Waals surface area contributed by atoms with Gasteiger partial charge in [0.2, 0.25) is 0 Å². The molecule has 0 aromatic rings. The van der Waals surface area contributed by atoms with Crippen LogP contribution in [-0.4, -0.2) is 22.3 Å². The first-order chi connectivity index (χ1) is 14.7. The van der Waals surface area contributed by atoms with Gasteiger partial charge in [0.15, 0.2) is 0 Å². The average molecular weight is 427 g/mol. The van der Waals surface area contributed by atoms with Gasteiger partial charge in [0.05, 0.1) is 6.10 Å². The minimum atomic E-state index is -0.658. The van der Waals surface area contributed by atoms with Crippen LogP contribution in [0.15, 0.2) is 0 Å². The molecule has 0 aliphatic heterocycles. The fourth-order valence-corrected chi connectivity index (χ4v) is 4.26. The van der Waals surface area contributed by atoms with Crippen LogP contribution in [0.3, 0.4) is 0 Å². The minimum absolute atomic E-state index is 0.0503. The Hall–Kier alpha value is -0.570. The Kier molecular flexibility index (Phi) is 24.2. The quantitative estimate of drug-likeness (QED) is 0.143. The van der Waals surface area contributed by atoms with Gasteiger partial charge in [-0.2, -0.15) is 0 Å². The molecule has 1 atom stereocenters. The lowest BCUT2D eigenvalue weighted by molar-refractivity contribution is -0.137. The van der Waals surface area contributed by atoms with Crippen molar-refractivity contribution in [1.29, 1.82) is 0 Å². The first-order valence-electron chi connectivity index (χ1n) is 13.6. The third-order valence-electron chi connectivity index (χ3n) is 6.32. The first kappa shape index (κ1) is 29.4. The van der Waals surface area contributed by atoms with Crippen LogP contribution < -0.4 is 0 Å². The molecule has 0 aromatic carbocycles. The third-order valence-corrected chi connectivity index (χ3v) is 6.32. The zero-order valence-electron chi connectivity index (χ0n) is 20.4. The number of rotatable bonds is 25. The number of hydrogen-bond donors (Lipinski definition) is 2. The smallest absolute Gasteiger partial charge is 0.303 e. The van der Waals surface area contributed by atoms with Crippen molar-refractivity contribution in [2.24, 2.45) is 0 Å². The predicted molar refractivity (Wildman–Crippen MR) is 130 cm³/mol. The van der Waals surface area contributed by atoms with Gasteiger partial charge >= 0.3 is 5.97 Å². The summed E-state index contributed by atoms with van der Waals surface area (Å²) in [6.07, 6.45) is 29.4. The number of aliphatic hydroxyl groups excluding tert-OH is 1. The van der Waals surface area contributed by atoms with E-state index in [0.717, 1.165) is 25.7 Å². The standard InChI is InChI=1S/C27H54O3/c1-2-3-4-20-23-26(28)24-21-18-16-14-12-10-8-6-5-7-9-11-13-15-17-19-22-25-27(29)30/h26,28H,2-25H2,1H3,(H,29,30). The van der Waals surface area contributed by atoms with Crippen molar-refractivity contribution in [1.82, 2.24) is 0 Å². The van der Waals surface area contributed by atoms with Gasteiger partial charge in [-0.05, 0) is 19.3 Å². The lowest BCUT2D eigenvalue weighted by atomic mass is 10.0. The van der Waals surface area contributed by atoms with Crippen molar-refractivity contribution in [3.05, 3.63) is 0 Å². The molecule has 0 aromatic heterocycles. The molecule has 0 radical (unpaired) electrons. The Morgan fingerprint density at radius 1 is 0.533 bits per heavy atom. The van der Waals surface area contributed by atoms with E-state index in [0.29, 0.717) is 6.42 Å². The number of aliphatic hydroxyl groups is 1. The van der Waals surface area contributed by atoms with Crippen LogP contribution in [0.2, 0.25) is 0 Å². The maximum Gasteiger partial charge on any atom is 0.303 e. The van der Waals surface area contributed by atoms with Crippen LogP contribution in [0.5, 0.6) is 0 Å². The Labute approximate surface area is 188 Å². The number of unbranched alkanes of at least 4 members (excludes halogenated alkanes) is 19. The molecule has 1 unspecified atom stereocenters. The molecular formula is C27H54O3. The fourth-order valence-electron chi connectivity index (χ4n) is 4.26. The topological polar surface area (TPSA) is 57.5 Å². The van der Waals surface area contributed by atoms with Crippen LogP contribution in [0.4, 0.5) is 0 Å². The maximum atomic E-state index is 10.4. The van der Waals surface area contributed by atoms with E-state index in [9.17, 15) is 9.90 Å². The van der Waals surface area contributed by atoms with E-state index in [1.807, 2.05) is 0 Å². The van der Waals surface area contributed by atoms with Gasteiger partial charge in [-0.15, -0.1) is 0 Å². The van der Waals surface area contributed by atoms with E-state index < -0.39 is 5.97 Å². The minimum Gasteiger partial charge on any atom is -0.481 e. The number of carboxylic acid groups (broad SMARTS) is 1. The normalized spacial score (nSPS) is 12.3. The molecule has 0 aliphatic rings. The van der Waals surface area contributed by atoms with E-state index in [-0.39, 0.29) is 6.10 Å². The summed E-state index contributed by atoms with van der Waals surface area (Å²) in [5.41, 5.74) is 0. The van der Waals surface area contributed by atoms with Crippen LogP contribution in [-0.2, 0) is 4.79 Å². The van der Waals surface area contributed by atoms with Crippen LogP contribution in [0.25, 0.3) is 0 Å². The summed E-state index contributed by atoms with van der Waals surface area (Å²) < 4.78 is 0. The van der Waals surface area contributed by atoms with Gasteiger partial charge in [-0.3, -0.25) is 4.79 Å². The van der Waals surface area contributed by atoms with Gasteiger partial charge < -0.3 is 10.2 Å². The number of carbonyl (C=O) groups is 1. The molecule has 2 N–H and O–H groups in total. The Morgan fingerprint density at radius 3 is 1.17 bits per heavy atom. The van der Waals surface area contributed by atoms with Crippen LogP contribution in [0, 0.1) is 0 Å². The van der Waals surface area contributed by atoms with Gasteiger partial charge in [-0.1, -0.05) is 135 Å². The predicted octanol–water partition coefficient (Wildman–Crippen LogP) is 8.81. The molecule has 180 valence electrons. The van der Waals surface area contributed by atoms with Gasteiger partial charge in [0.25, 0.3) is 0 Å². The zero-order valence-corrected chi connectivity index (χ0v) is 20.4. The van der Waals surface area contributed by atoms with Crippen LogP contribution in [0.1, 0.15) is 161 Å². The van der Waals surface area contributed by atoms with Crippen molar-refractivity contribution < 1.29 is 15.0 Å². The second kappa shape index (κ2) is 24.7. The van der Waals surface area contributed by atoms with E-state index in [1.54, 1.807) is 0 Å². The second-order valence-corrected chi connectivity index (χ2v) is 9.45. The van der Waals surface area contributed by atoms with Crippen molar-refractivity contribution in [2.45, 2.75) is 167 Å². The molecule has 0 spiro atoms. The van der Waals surface area contributed by atoms with Gasteiger partial charge in [-0.25, -0.2) is 0 Å². The highest BCUT2D eigenvalue weighted by atomic mass is 16.4. The average Bonchev–Trinajstić information content (AvgIpc) is 2.72. The molecule has 0 saturated heterocycles. The highest BCUT2D eigenvalue weighted by Crippen LogP contribution is 2.16. The molecular weight excluding hydrogens is 372 g/mol. The van der Waals surface area contributed by atoms with Crippen molar-refractivity contribution in [2.75, 3.05) is 0 Å². The molecule has 0 rings (SSSR count). The molecule has 0 bridgehead atoms. The molecule has 30 heavy (non-hydrogen) atoms. The number of aliphatic carboxylic acids is 1. The SMILES string of the molecule is CCCCCCC(O)CCCCCCCCCCCCCCCCCCCC(=O)O. The number of carboxylic acids is 1. The molecule has 0 aliphatic carbocycles. The molecule has 0 heterocycles. The van der Waals surface area contributed by atoms with Crippen molar-refractivity contribution in [3.8, 4) is 0 Å². The lowest BCUT2D eigenvalue weighted by Crippen LogP contribution is -2.05. The monoisotopic (exact) mass is 426 g/mol. The summed E-state index contributed by atoms with van der Waals surface area (Å²) >= 11 is 0. The van der Waals surface area contributed by atoms with Crippen LogP contribution >= 0.6 is 0 Å². The molecule has 0 fully saturated rings. The van der Waals surface area contributed by atoms with E-state index in [1.165, 1.54) is 122 Å². The molecule has 0 saturated carbocycles. The summed E-state index contributed by atoms with van der Waals surface area (Å²) in [7, 11) is 0. The highest BCUT2D eigenvalue weighted by molar-refractivity contribution is 5.66. The van der Waals surface area contributed by atoms with E-state index >= 15 is 0 Å². The zero-order chi connectivity index (χ0) is 22.1. The lowest BCUT2D eigenvalue weighted by Gasteiger charge is -2.10. The van der Waals surface area contributed by atoms with E-state index in [2.05, 4.69) is 6.92 Å². The molecule has 0 amide bonds. The first-order valence-corrected chi connectivity index (χ1v) is 13.6. The summed E-state index contributed by atoms with van der Waals surface area (Å²) in [6.45, 7) is 2.23. The maximum absolute atomic E-state index is 10.4. The van der Waals surface area contributed by atoms with Gasteiger partial charge in [0, 0.05) is 6.42 Å². The third kappa shape index (κ3) is 25.5.